The van der Waals surface area contributed by atoms with Gasteiger partial charge in [0.15, 0.2) is 0 Å². The van der Waals surface area contributed by atoms with Gasteiger partial charge in [0.05, 0.1) is 17.8 Å². The van der Waals surface area contributed by atoms with Crippen molar-refractivity contribution in [2.45, 2.75) is 12.2 Å². The van der Waals surface area contributed by atoms with E-state index in [9.17, 15) is 13.2 Å². The van der Waals surface area contributed by atoms with Crippen LogP contribution in [0.15, 0.2) is 61.1 Å². The number of hydrogen-bond acceptors (Lipinski definition) is 3. The number of hydrogen-bond donors (Lipinski definition) is 2. The van der Waals surface area contributed by atoms with Crippen LogP contribution in [0.2, 0.25) is 0 Å². The molecule has 3 aromatic rings. The quantitative estimate of drug-likeness (QED) is 0.764. The number of aromatic nitrogens is 3. The van der Waals surface area contributed by atoms with Crippen LogP contribution in [0.25, 0.3) is 0 Å². The molecule has 0 aliphatic carbocycles. The fourth-order valence-electron chi connectivity index (χ4n) is 2.36. The summed E-state index contributed by atoms with van der Waals surface area (Å²) in [6.07, 6.45) is 0.191. The molecule has 4 nitrogen and oxygen atoms in total. The molecule has 0 spiro atoms. The lowest BCUT2D eigenvalue weighted by molar-refractivity contribution is -0.138. The standard InChI is InChI=1S/C16H13F3N4/c17-16(18,19)13-6-2-1-5-12(13)15(11-9-21-22-10-11)23-14-7-3-4-8-20-14/h1-10,15H,(H,20,23)(H,21,22). The Balaban J connectivity index is 2.07. The molecular weight excluding hydrogens is 305 g/mol. The van der Waals surface area contributed by atoms with Crippen LogP contribution in [0.5, 0.6) is 0 Å². The van der Waals surface area contributed by atoms with Gasteiger partial charge in [-0.05, 0) is 23.8 Å². The van der Waals surface area contributed by atoms with Crippen molar-refractivity contribution in [3.63, 3.8) is 0 Å². The average Bonchev–Trinajstić information content (AvgIpc) is 3.07. The minimum Gasteiger partial charge on any atom is -0.359 e. The number of rotatable bonds is 4. The van der Waals surface area contributed by atoms with E-state index in [4.69, 9.17) is 0 Å². The van der Waals surface area contributed by atoms with E-state index in [1.54, 1.807) is 36.7 Å². The number of nitrogens with zero attached hydrogens (tertiary/aromatic N) is 2. The number of nitrogens with one attached hydrogen (secondary N) is 2. The highest BCUT2D eigenvalue weighted by atomic mass is 19.4. The van der Waals surface area contributed by atoms with Crippen molar-refractivity contribution in [3.8, 4) is 0 Å². The molecule has 1 unspecified atom stereocenters. The summed E-state index contributed by atoms with van der Waals surface area (Å²) in [5.41, 5.74) is 0.0223. The fraction of sp³-hybridized carbons (Fsp3) is 0.125. The third-order valence-corrected chi connectivity index (χ3v) is 3.39. The Kier molecular flexibility index (Phi) is 4.01. The first kappa shape index (κ1) is 15.1. The van der Waals surface area contributed by atoms with Crippen molar-refractivity contribution in [3.05, 3.63) is 77.7 Å². The molecule has 0 saturated heterocycles. The summed E-state index contributed by atoms with van der Waals surface area (Å²) >= 11 is 0. The fourth-order valence-corrected chi connectivity index (χ4v) is 2.36. The summed E-state index contributed by atoms with van der Waals surface area (Å²) in [6, 6.07) is 9.96. The van der Waals surface area contributed by atoms with E-state index in [0.29, 0.717) is 11.4 Å². The Morgan fingerprint density at radius 3 is 2.48 bits per heavy atom. The molecule has 0 amide bonds. The number of benzene rings is 1. The summed E-state index contributed by atoms with van der Waals surface area (Å²) in [5, 5.41) is 9.51. The number of H-pyrrole nitrogens is 1. The van der Waals surface area contributed by atoms with Crippen LogP contribution in [-0.4, -0.2) is 15.2 Å². The van der Waals surface area contributed by atoms with E-state index in [0.717, 1.165) is 6.07 Å². The molecule has 0 radical (unpaired) electrons. The zero-order chi connectivity index (χ0) is 16.3. The number of anilines is 1. The van der Waals surface area contributed by atoms with E-state index in [1.807, 2.05) is 0 Å². The van der Waals surface area contributed by atoms with Crippen molar-refractivity contribution >= 4 is 5.82 Å². The summed E-state index contributed by atoms with van der Waals surface area (Å²) in [4.78, 5) is 4.12. The molecule has 0 aliphatic heterocycles. The van der Waals surface area contributed by atoms with Crippen LogP contribution in [-0.2, 0) is 6.18 Å². The van der Waals surface area contributed by atoms with E-state index in [2.05, 4.69) is 20.5 Å². The summed E-state index contributed by atoms with van der Waals surface area (Å²) < 4.78 is 40.0. The number of aromatic amines is 1. The van der Waals surface area contributed by atoms with Gasteiger partial charge in [0.2, 0.25) is 0 Å². The second-order valence-electron chi connectivity index (χ2n) is 4.91. The average molecular weight is 318 g/mol. The van der Waals surface area contributed by atoms with Gasteiger partial charge in [-0.1, -0.05) is 24.3 Å². The predicted octanol–water partition coefficient (Wildman–Crippen LogP) is 4.03. The van der Waals surface area contributed by atoms with Gasteiger partial charge in [-0.2, -0.15) is 18.3 Å². The van der Waals surface area contributed by atoms with E-state index < -0.39 is 17.8 Å². The second kappa shape index (κ2) is 6.12. The largest absolute Gasteiger partial charge is 0.416 e. The van der Waals surface area contributed by atoms with Crippen LogP contribution in [0, 0.1) is 0 Å². The molecular formula is C16H13F3N4. The molecule has 2 aromatic heterocycles. The summed E-state index contributed by atoms with van der Waals surface area (Å²) in [7, 11) is 0. The first-order valence-electron chi connectivity index (χ1n) is 6.88. The second-order valence-corrected chi connectivity index (χ2v) is 4.91. The number of pyridine rings is 1. The highest BCUT2D eigenvalue weighted by Gasteiger charge is 2.35. The molecule has 23 heavy (non-hydrogen) atoms. The molecule has 0 bridgehead atoms. The number of alkyl halides is 3. The van der Waals surface area contributed by atoms with Gasteiger partial charge in [0, 0.05) is 18.0 Å². The maximum atomic E-state index is 13.3. The Bertz CT molecular complexity index is 755. The first-order valence-corrected chi connectivity index (χ1v) is 6.88. The Morgan fingerprint density at radius 1 is 1.04 bits per heavy atom. The van der Waals surface area contributed by atoms with Gasteiger partial charge in [-0.25, -0.2) is 4.98 Å². The van der Waals surface area contributed by atoms with Gasteiger partial charge in [0.1, 0.15) is 5.82 Å². The topological polar surface area (TPSA) is 53.6 Å². The molecule has 7 heteroatoms. The smallest absolute Gasteiger partial charge is 0.359 e. The summed E-state index contributed by atoms with van der Waals surface area (Å²) in [6.45, 7) is 0. The molecule has 1 atom stereocenters. The van der Waals surface area contributed by atoms with Gasteiger partial charge < -0.3 is 5.32 Å². The highest BCUT2D eigenvalue weighted by Crippen LogP contribution is 2.37. The Hall–Kier alpha value is -2.83. The van der Waals surface area contributed by atoms with E-state index in [-0.39, 0.29) is 5.56 Å². The van der Waals surface area contributed by atoms with Crippen molar-refractivity contribution in [1.82, 2.24) is 15.2 Å². The van der Waals surface area contributed by atoms with Crippen molar-refractivity contribution < 1.29 is 13.2 Å². The maximum absolute atomic E-state index is 13.3. The molecule has 2 heterocycles. The molecule has 0 saturated carbocycles. The SMILES string of the molecule is FC(F)(F)c1ccccc1C(Nc1ccccn1)c1cn[nH]c1. The lowest BCUT2D eigenvalue weighted by Crippen LogP contribution is -2.18. The third kappa shape index (κ3) is 3.33. The molecule has 0 fully saturated rings. The third-order valence-electron chi connectivity index (χ3n) is 3.39. The highest BCUT2D eigenvalue weighted by molar-refractivity contribution is 5.46. The lowest BCUT2D eigenvalue weighted by atomic mass is 9.96. The molecule has 1 aromatic carbocycles. The Labute approximate surface area is 130 Å². The minimum atomic E-state index is -4.44. The Morgan fingerprint density at radius 2 is 1.83 bits per heavy atom. The zero-order valence-electron chi connectivity index (χ0n) is 11.9. The first-order chi connectivity index (χ1) is 11.1. The van der Waals surface area contributed by atoms with Crippen LogP contribution in [0.4, 0.5) is 19.0 Å². The van der Waals surface area contributed by atoms with Gasteiger partial charge in [0.25, 0.3) is 0 Å². The molecule has 2 N–H and O–H groups in total. The molecule has 118 valence electrons. The van der Waals surface area contributed by atoms with Crippen LogP contribution in [0.3, 0.4) is 0 Å². The molecule has 3 rings (SSSR count). The summed E-state index contributed by atoms with van der Waals surface area (Å²) in [5.74, 6) is 0.482. The number of halogens is 3. The van der Waals surface area contributed by atoms with E-state index >= 15 is 0 Å². The minimum absolute atomic E-state index is 0.118. The lowest BCUT2D eigenvalue weighted by Gasteiger charge is -2.22. The maximum Gasteiger partial charge on any atom is 0.416 e. The van der Waals surface area contributed by atoms with Crippen LogP contribution >= 0.6 is 0 Å². The zero-order valence-corrected chi connectivity index (χ0v) is 11.9. The predicted molar refractivity (Wildman–Crippen MR) is 79.7 cm³/mol. The van der Waals surface area contributed by atoms with Crippen LogP contribution in [0.1, 0.15) is 22.7 Å². The molecule has 0 aliphatic rings. The monoisotopic (exact) mass is 318 g/mol. The van der Waals surface area contributed by atoms with Gasteiger partial charge >= 0.3 is 6.18 Å². The van der Waals surface area contributed by atoms with Crippen LogP contribution < -0.4 is 5.32 Å². The van der Waals surface area contributed by atoms with Gasteiger partial charge in [-0.3, -0.25) is 5.10 Å². The van der Waals surface area contributed by atoms with Crippen molar-refractivity contribution in [2.75, 3.05) is 5.32 Å². The van der Waals surface area contributed by atoms with E-state index in [1.165, 1.54) is 18.3 Å². The van der Waals surface area contributed by atoms with Gasteiger partial charge in [-0.15, -0.1) is 0 Å². The van der Waals surface area contributed by atoms with Crippen molar-refractivity contribution in [1.29, 1.82) is 0 Å². The van der Waals surface area contributed by atoms with Crippen molar-refractivity contribution in [2.24, 2.45) is 0 Å². The normalized spacial score (nSPS) is 12.8.